The fourth-order valence-corrected chi connectivity index (χ4v) is 3.97. The van der Waals surface area contributed by atoms with Gasteiger partial charge in [-0.15, -0.1) is 5.10 Å². The van der Waals surface area contributed by atoms with Crippen molar-refractivity contribution in [3.63, 3.8) is 0 Å². The summed E-state index contributed by atoms with van der Waals surface area (Å²) >= 11 is 6.52. The highest BCUT2D eigenvalue weighted by atomic mass is 35.5. The Bertz CT molecular complexity index is 1090. The van der Waals surface area contributed by atoms with Gasteiger partial charge in [0.15, 0.2) is 23.0 Å². The molecule has 3 aromatic rings. The molecular weight excluding hydrogens is 356 g/mol. The molecule has 1 N–H and O–H groups in total. The van der Waals surface area contributed by atoms with Gasteiger partial charge in [-0.25, -0.2) is 9.50 Å². The molecule has 4 heterocycles. The standard InChI is InChI=1S/C18H15ClN4O3/c1-8-3-9(2)23-18(20-8)16-11(5-15(24)21-17(16)22-23)10-4-13-14(6-12(10)19)26-7-25-13/h3-4,6,11H,5,7H2,1-2H3,(H,21,22,24). The Morgan fingerprint density at radius 1 is 1.23 bits per heavy atom. The minimum atomic E-state index is -0.257. The molecule has 0 spiro atoms. The van der Waals surface area contributed by atoms with E-state index in [9.17, 15) is 4.79 Å². The molecule has 26 heavy (non-hydrogen) atoms. The molecule has 0 aliphatic carbocycles. The van der Waals surface area contributed by atoms with E-state index in [0.717, 1.165) is 28.2 Å². The van der Waals surface area contributed by atoms with Crippen molar-refractivity contribution >= 4 is 29.0 Å². The monoisotopic (exact) mass is 370 g/mol. The number of rotatable bonds is 1. The van der Waals surface area contributed by atoms with Gasteiger partial charge >= 0.3 is 0 Å². The zero-order chi connectivity index (χ0) is 18.0. The van der Waals surface area contributed by atoms with Crippen molar-refractivity contribution in [1.82, 2.24) is 14.6 Å². The summed E-state index contributed by atoms with van der Waals surface area (Å²) in [6.45, 7) is 4.07. The minimum absolute atomic E-state index is 0.103. The first-order valence-corrected chi connectivity index (χ1v) is 8.65. The third kappa shape index (κ3) is 2.17. The number of nitrogens with zero attached hydrogens (tertiary/aromatic N) is 3. The van der Waals surface area contributed by atoms with Gasteiger partial charge in [-0.2, -0.15) is 0 Å². The van der Waals surface area contributed by atoms with Crippen LogP contribution in [-0.2, 0) is 4.79 Å². The SMILES string of the molecule is Cc1cc(C)n2nc3c(c2n1)C(c1cc2c(cc1Cl)OCO2)CC(=O)N3. The molecule has 2 aliphatic heterocycles. The number of nitrogens with one attached hydrogen (secondary N) is 1. The molecule has 132 valence electrons. The Kier molecular flexibility index (Phi) is 3.18. The summed E-state index contributed by atoms with van der Waals surface area (Å²) in [6.07, 6.45) is 0.266. The summed E-state index contributed by atoms with van der Waals surface area (Å²) < 4.78 is 12.6. The van der Waals surface area contributed by atoms with Crippen molar-refractivity contribution in [3.05, 3.63) is 45.7 Å². The lowest BCUT2D eigenvalue weighted by molar-refractivity contribution is -0.116. The van der Waals surface area contributed by atoms with Gasteiger partial charge < -0.3 is 14.8 Å². The van der Waals surface area contributed by atoms with Crippen LogP contribution in [0.1, 0.15) is 34.9 Å². The van der Waals surface area contributed by atoms with E-state index in [1.807, 2.05) is 26.0 Å². The van der Waals surface area contributed by atoms with Crippen molar-refractivity contribution in [2.45, 2.75) is 26.2 Å². The van der Waals surface area contributed by atoms with Gasteiger partial charge in [-0.05, 0) is 31.5 Å². The Hall–Kier alpha value is -2.80. The molecule has 0 fully saturated rings. The van der Waals surface area contributed by atoms with E-state index in [1.165, 1.54) is 0 Å². The van der Waals surface area contributed by atoms with E-state index >= 15 is 0 Å². The van der Waals surface area contributed by atoms with E-state index in [4.69, 9.17) is 21.1 Å². The van der Waals surface area contributed by atoms with Gasteiger partial charge in [0, 0.05) is 40.4 Å². The lowest BCUT2D eigenvalue weighted by Crippen LogP contribution is -2.23. The average Bonchev–Trinajstić information content (AvgIpc) is 3.17. The second-order valence-electron chi connectivity index (χ2n) is 6.57. The summed E-state index contributed by atoms with van der Waals surface area (Å²) in [5.74, 6) is 1.42. The number of amides is 1. The maximum Gasteiger partial charge on any atom is 0.231 e. The van der Waals surface area contributed by atoms with Crippen molar-refractivity contribution in [2.24, 2.45) is 0 Å². The molecule has 5 rings (SSSR count). The van der Waals surface area contributed by atoms with Crippen molar-refractivity contribution in [3.8, 4) is 11.5 Å². The molecule has 2 aromatic heterocycles. The van der Waals surface area contributed by atoms with Gasteiger partial charge in [-0.1, -0.05) is 11.6 Å². The first-order chi connectivity index (χ1) is 12.5. The fourth-order valence-electron chi connectivity index (χ4n) is 3.69. The second-order valence-corrected chi connectivity index (χ2v) is 6.98. The molecule has 1 aromatic carbocycles. The van der Waals surface area contributed by atoms with Crippen LogP contribution in [-0.4, -0.2) is 27.3 Å². The minimum Gasteiger partial charge on any atom is -0.454 e. The number of ether oxygens (including phenoxy) is 2. The van der Waals surface area contributed by atoms with E-state index in [-0.39, 0.29) is 25.0 Å². The molecule has 0 saturated carbocycles. The summed E-state index contributed by atoms with van der Waals surface area (Å²) in [4.78, 5) is 17.0. The van der Waals surface area contributed by atoms with E-state index in [0.29, 0.717) is 22.3 Å². The number of aryl methyl sites for hydroxylation is 2. The second kappa shape index (κ2) is 5.35. The Morgan fingerprint density at radius 2 is 2.00 bits per heavy atom. The van der Waals surface area contributed by atoms with Crippen LogP contribution in [0.3, 0.4) is 0 Å². The molecule has 1 atom stereocenters. The van der Waals surface area contributed by atoms with Crippen molar-refractivity contribution < 1.29 is 14.3 Å². The Morgan fingerprint density at radius 3 is 2.81 bits per heavy atom. The molecule has 0 bridgehead atoms. The summed E-state index contributed by atoms with van der Waals surface area (Å²) in [6, 6.07) is 5.54. The topological polar surface area (TPSA) is 77.8 Å². The molecule has 1 unspecified atom stereocenters. The number of halogens is 1. The van der Waals surface area contributed by atoms with Crippen LogP contribution in [0.4, 0.5) is 5.82 Å². The molecule has 0 saturated heterocycles. The third-order valence-electron chi connectivity index (χ3n) is 4.79. The number of anilines is 1. The van der Waals surface area contributed by atoms with Crippen LogP contribution < -0.4 is 14.8 Å². The number of carbonyl (C=O) groups is 1. The summed E-state index contributed by atoms with van der Waals surface area (Å²) in [5.41, 5.74) is 4.26. The largest absolute Gasteiger partial charge is 0.454 e. The highest BCUT2D eigenvalue weighted by Crippen LogP contribution is 2.45. The number of hydrogen-bond acceptors (Lipinski definition) is 5. The quantitative estimate of drug-likeness (QED) is 0.711. The van der Waals surface area contributed by atoms with Gasteiger partial charge in [0.25, 0.3) is 0 Å². The number of carbonyl (C=O) groups excluding carboxylic acids is 1. The molecule has 2 aliphatic rings. The summed E-state index contributed by atoms with van der Waals surface area (Å²) in [5, 5.41) is 7.93. The van der Waals surface area contributed by atoms with Crippen LogP contribution in [0.2, 0.25) is 5.02 Å². The van der Waals surface area contributed by atoms with Gasteiger partial charge in [0.2, 0.25) is 12.7 Å². The third-order valence-corrected chi connectivity index (χ3v) is 5.12. The lowest BCUT2D eigenvalue weighted by atomic mass is 9.86. The van der Waals surface area contributed by atoms with Gasteiger partial charge in [0.05, 0.1) is 0 Å². The van der Waals surface area contributed by atoms with Crippen LogP contribution in [0.5, 0.6) is 11.5 Å². The first kappa shape index (κ1) is 15.5. The first-order valence-electron chi connectivity index (χ1n) is 8.27. The van der Waals surface area contributed by atoms with E-state index < -0.39 is 0 Å². The zero-order valence-electron chi connectivity index (χ0n) is 14.2. The lowest BCUT2D eigenvalue weighted by Gasteiger charge is -2.23. The fraction of sp³-hybridized carbons (Fsp3) is 0.278. The Labute approximate surface area is 153 Å². The summed E-state index contributed by atoms with van der Waals surface area (Å²) in [7, 11) is 0. The predicted octanol–water partition coefficient (Wildman–Crippen LogP) is 3.20. The number of hydrogen-bond donors (Lipinski definition) is 1. The van der Waals surface area contributed by atoms with Crippen LogP contribution in [0, 0.1) is 13.8 Å². The number of fused-ring (bicyclic) bond motifs is 4. The van der Waals surface area contributed by atoms with E-state index in [2.05, 4.69) is 15.4 Å². The number of benzene rings is 1. The van der Waals surface area contributed by atoms with Crippen molar-refractivity contribution in [1.29, 1.82) is 0 Å². The van der Waals surface area contributed by atoms with Gasteiger partial charge in [0.1, 0.15) is 0 Å². The van der Waals surface area contributed by atoms with Crippen LogP contribution in [0.15, 0.2) is 18.2 Å². The molecule has 8 heteroatoms. The van der Waals surface area contributed by atoms with Crippen LogP contribution >= 0.6 is 11.6 Å². The molecule has 0 radical (unpaired) electrons. The van der Waals surface area contributed by atoms with Crippen LogP contribution in [0.25, 0.3) is 5.65 Å². The highest BCUT2D eigenvalue weighted by molar-refractivity contribution is 6.31. The maximum absolute atomic E-state index is 12.3. The van der Waals surface area contributed by atoms with E-state index in [1.54, 1.807) is 10.6 Å². The smallest absolute Gasteiger partial charge is 0.231 e. The Balaban J connectivity index is 1.77. The van der Waals surface area contributed by atoms with Crippen molar-refractivity contribution in [2.75, 3.05) is 12.1 Å². The molecule has 1 amide bonds. The normalized spacial score (nSPS) is 18.1. The zero-order valence-corrected chi connectivity index (χ0v) is 14.9. The average molecular weight is 371 g/mol. The molecular formula is C18H15ClN4O3. The maximum atomic E-state index is 12.3. The van der Waals surface area contributed by atoms with Gasteiger partial charge in [-0.3, -0.25) is 4.79 Å². The molecule has 7 nitrogen and oxygen atoms in total. The highest BCUT2D eigenvalue weighted by Gasteiger charge is 2.34. The number of aromatic nitrogens is 3. The predicted molar refractivity (Wildman–Crippen MR) is 95.1 cm³/mol.